The summed E-state index contributed by atoms with van der Waals surface area (Å²) in [6, 6.07) is -0.113. The van der Waals surface area contributed by atoms with Crippen molar-refractivity contribution < 1.29 is 23.9 Å². The second-order valence-corrected chi connectivity index (χ2v) is 7.85. The van der Waals surface area contributed by atoms with E-state index >= 15 is 0 Å². The van der Waals surface area contributed by atoms with Crippen LogP contribution in [-0.2, 0) is 19.1 Å². The number of hydrogen-bond acceptors (Lipinski definition) is 5. The van der Waals surface area contributed by atoms with Gasteiger partial charge in [-0.1, -0.05) is 26.2 Å². The first-order valence-electron chi connectivity index (χ1n) is 9.28. The second-order valence-electron chi connectivity index (χ2n) is 7.85. The molecule has 6 nitrogen and oxygen atoms in total. The smallest absolute Gasteiger partial charge is 0.417 e. The Kier molecular flexibility index (Phi) is 8.39. The number of hydrogen-bond donors (Lipinski definition) is 0. The van der Waals surface area contributed by atoms with E-state index in [2.05, 4.69) is 0 Å². The van der Waals surface area contributed by atoms with Gasteiger partial charge in [0.25, 0.3) is 0 Å². The van der Waals surface area contributed by atoms with Crippen LogP contribution in [0.1, 0.15) is 79.1 Å². The molecular formula is C19H33NO5. The fourth-order valence-corrected chi connectivity index (χ4v) is 3.09. The van der Waals surface area contributed by atoms with E-state index in [-0.39, 0.29) is 23.8 Å². The zero-order valence-electron chi connectivity index (χ0n) is 16.3. The molecule has 2 atom stereocenters. The normalized spacial score (nSPS) is 20.0. The predicted octanol–water partition coefficient (Wildman–Crippen LogP) is 4.06. The van der Waals surface area contributed by atoms with Crippen LogP contribution in [0.4, 0.5) is 4.79 Å². The van der Waals surface area contributed by atoms with Gasteiger partial charge in [0.2, 0.25) is 5.91 Å². The van der Waals surface area contributed by atoms with Crippen LogP contribution in [-0.4, -0.2) is 41.6 Å². The van der Waals surface area contributed by atoms with Crippen LogP contribution in [0.15, 0.2) is 0 Å². The van der Waals surface area contributed by atoms with E-state index in [1.165, 1.54) is 12.0 Å². The second kappa shape index (κ2) is 9.78. The molecule has 0 saturated carbocycles. The number of amides is 2. The number of nitrogens with zero attached hydrogens (tertiary/aromatic N) is 1. The fourth-order valence-electron chi connectivity index (χ4n) is 3.09. The maximum Gasteiger partial charge on any atom is 0.417 e. The first-order valence-corrected chi connectivity index (χ1v) is 9.28. The Morgan fingerprint density at radius 2 is 1.92 bits per heavy atom. The molecule has 0 aromatic rings. The topological polar surface area (TPSA) is 72.9 Å². The van der Waals surface area contributed by atoms with E-state index in [0.717, 1.165) is 44.9 Å². The lowest BCUT2D eigenvalue weighted by atomic mass is 9.99. The van der Waals surface area contributed by atoms with Crippen LogP contribution in [0, 0.1) is 5.92 Å². The highest BCUT2D eigenvalue weighted by Gasteiger charge is 2.34. The highest BCUT2D eigenvalue weighted by atomic mass is 16.6. The van der Waals surface area contributed by atoms with Crippen molar-refractivity contribution in [1.29, 1.82) is 0 Å². The molecule has 25 heavy (non-hydrogen) atoms. The molecule has 1 fully saturated rings. The van der Waals surface area contributed by atoms with Gasteiger partial charge < -0.3 is 9.47 Å². The number of unbranched alkanes of at least 4 members (excludes halogenated alkanes) is 1. The van der Waals surface area contributed by atoms with Gasteiger partial charge in [-0.15, -0.1) is 0 Å². The minimum Gasteiger partial charge on any atom is -0.469 e. The van der Waals surface area contributed by atoms with Gasteiger partial charge in [0, 0.05) is 12.5 Å². The molecule has 0 N–H and O–H groups in total. The van der Waals surface area contributed by atoms with Crippen molar-refractivity contribution in [2.45, 2.75) is 90.7 Å². The van der Waals surface area contributed by atoms with Crippen LogP contribution in [0.2, 0.25) is 0 Å². The van der Waals surface area contributed by atoms with Gasteiger partial charge >= 0.3 is 12.1 Å². The van der Waals surface area contributed by atoms with Gasteiger partial charge in [-0.05, 0) is 46.5 Å². The Balaban J connectivity index is 2.61. The zero-order valence-corrected chi connectivity index (χ0v) is 16.3. The molecule has 1 aliphatic rings. The average Bonchev–Trinajstić information content (AvgIpc) is 2.70. The number of carbonyl (C=O) groups excluding carboxylic acids is 3. The summed E-state index contributed by atoms with van der Waals surface area (Å²) >= 11 is 0. The number of methoxy groups -OCH3 is 1. The van der Waals surface area contributed by atoms with Crippen LogP contribution < -0.4 is 0 Å². The summed E-state index contributed by atoms with van der Waals surface area (Å²) in [6.07, 6.45) is 5.65. The van der Waals surface area contributed by atoms with Gasteiger partial charge in [0.05, 0.1) is 13.0 Å². The van der Waals surface area contributed by atoms with Crippen LogP contribution in [0.3, 0.4) is 0 Å². The highest BCUT2D eigenvalue weighted by molar-refractivity contribution is 5.92. The standard InChI is InChI=1S/C19H33NO5/c1-14(17(22)24-5)10-6-7-11-15-12-8-9-13-16(21)20(15)18(23)25-19(2,3)4/h14-15H,6-13H2,1-5H3/t14-,15+/m1/s1. The molecule has 2 amide bonds. The minimum atomic E-state index is -0.621. The van der Waals surface area contributed by atoms with Crippen molar-refractivity contribution in [3.8, 4) is 0 Å². The summed E-state index contributed by atoms with van der Waals surface area (Å²) in [4.78, 5) is 37.6. The van der Waals surface area contributed by atoms with Crippen molar-refractivity contribution in [3.05, 3.63) is 0 Å². The number of likely N-dealkylation sites (tertiary alicyclic amines) is 1. The van der Waals surface area contributed by atoms with Crippen molar-refractivity contribution in [2.24, 2.45) is 5.92 Å². The van der Waals surface area contributed by atoms with Crippen LogP contribution in [0.25, 0.3) is 0 Å². The molecule has 0 aliphatic carbocycles. The fraction of sp³-hybridized carbons (Fsp3) is 0.842. The van der Waals surface area contributed by atoms with Crippen molar-refractivity contribution in [2.75, 3.05) is 7.11 Å². The summed E-state index contributed by atoms with van der Waals surface area (Å²) < 4.78 is 10.2. The maximum absolute atomic E-state index is 12.5. The van der Waals surface area contributed by atoms with E-state index in [1.807, 2.05) is 6.92 Å². The number of carbonyl (C=O) groups is 3. The third-order valence-electron chi connectivity index (χ3n) is 4.43. The van der Waals surface area contributed by atoms with Gasteiger partial charge in [-0.2, -0.15) is 0 Å². The summed E-state index contributed by atoms with van der Waals surface area (Å²) in [5, 5.41) is 0. The molecule has 6 heteroatoms. The number of rotatable bonds is 6. The van der Waals surface area contributed by atoms with Gasteiger partial charge in [-0.3, -0.25) is 9.59 Å². The first-order chi connectivity index (χ1) is 11.7. The van der Waals surface area contributed by atoms with Crippen molar-refractivity contribution in [1.82, 2.24) is 4.90 Å². The van der Waals surface area contributed by atoms with E-state index in [4.69, 9.17) is 9.47 Å². The largest absolute Gasteiger partial charge is 0.469 e. The zero-order chi connectivity index (χ0) is 19.0. The average molecular weight is 355 g/mol. The molecule has 1 rings (SSSR count). The van der Waals surface area contributed by atoms with E-state index in [1.54, 1.807) is 20.8 Å². The maximum atomic E-state index is 12.5. The summed E-state index contributed by atoms with van der Waals surface area (Å²) in [5.74, 6) is -0.456. The molecule has 0 bridgehead atoms. The van der Waals surface area contributed by atoms with E-state index in [9.17, 15) is 14.4 Å². The lowest BCUT2D eigenvalue weighted by molar-refractivity contribution is -0.145. The van der Waals surface area contributed by atoms with Crippen LogP contribution >= 0.6 is 0 Å². The SMILES string of the molecule is COC(=O)[C@H](C)CCCC[C@H]1CCCCC(=O)N1C(=O)OC(C)(C)C. The predicted molar refractivity (Wildman–Crippen MR) is 95.0 cm³/mol. The Labute approximate surface area is 151 Å². The number of ether oxygens (including phenoxy) is 2. The lowest BCUT2D eigenvalue weighted by Crippen LogP contribution is -2.46. The minimum absolute atomic E-state index is 0.113. The quantitative estimate of drug-likeness (QED) is 0.530. The Morgan fingerprint density at radius 3 is 2.52 bits per heavy atom. The van der Waals surface area contributed by atoms with Crippen molar-refractivity contribution in [3.63, 3.8) is 0 Å². The van der Waals surface area contributed by atoms with Gasteiger partial charge in [0.15, 0.2) is 0 Å². The molecule has 144 valence electrons. The molecule has 1 saturated heterocycles. The van der Waals surface area contributed by atoms with Gasteiger partial charge in [-0.25, -0.2) is 9.69 Å². The first kappa shape index (κ1) is 21.5. The molecule has 1 heterocycles. The Hall–Kier alpha value is -1.59. The molecular weight excluding hydrogens is 322 g/mol. The molecule has 0 aromatic heterocycles. The summed E-state index contributed by atoms with van der Waals surface area (Å²) in [5.41, 5.74) is -0.621. The summed E-state index contributed by atoms with van der Waals surface area (Å²) in [7, 11) is 1.40. The number of imide groups is 1. The molecule has 0 unspecified atom stereocenters. The molecule has 1 aliphatic heterocycles. The van der Waals surface area contributed by atoms with Crippen molar-refractivity contribution >= 4 is 18.0 Å². The third kappa shape index (κ3) is 7.45. The Morgan fingerprint density at radius 1 is 1.24 bits per heavy atom. The molecule has 0 aromatic carbocycles. The van der Waals surface area contributed by atoms with Crippen LogP contribution in [0.5, 0.6) is 0 Å². The number of esters is 1. The van der Waals surface area contributed by atoms with E-state index in [0.29, 0.717) is 6.42 Å². The van der Waals surface area contributed by atoms with Gasteiger partial charge in [0.1, 0.15) is 5.60 Å². The van der Waals surface area contributed by atoms with E-state index < -0.39 is 11.7 Å². The highest BCUT2D eigenvalue weighted by Crippen LogP contribution is 2.25. The molecule has 0 spiro atoms. The lowest BCUT2D eigenvalue weighted by Gasteiger charge is -2.31. The monoisotopic (exact) mass is 355 g/mol. The summed E-state index contributed by atoms with van der Waals surface area (Å²) in [6.45, 7) is 7.26. The molecule has 0 radical (unpaired) electrons. The third-order valence-corrected chi connectivity index (χ3v) is 4.43. The Bertz CT molecular complexity index is 469.